The second kappa shape index (κ2) is 6.73. The Balaban J connectivity index is 2.34. The van der Waals surface area contributed by atoms with Crippen LogP contribution >= 0.6 is 11.8 Å². The molecule has 2 atom stereocenters. The molecule has 2 unspecified atom stereocenters. The molecule has 0 bridgehead atoms. The first-order chi connectivity index (χ1) is 6.74. The van der Waals surface area contributed by atoms with Gasteiger partial charge in [0, 0.05) is 11.3 Å². The van der Waals surface area contributed by atoms with Crippen molar-refractivity contribution in [2.75, 3.05) is 12.3 Å². The summed E-state index contributed by atoms with van der Waals surface area (Å²) in [6.07, 6.45) is 5.46. The first kappa shape index (κ1) is 12.4. The predicted octanol–water partition coefficient (Wildman–Crippen LogP) is 3.30. The summed E-state index contributed by atoms with van der Waals surface area (Å²) in [5.41, 5.74) is 0. The maximum Gasteiger partial charge on any atom is 0.0201 e. The second-order valence-electron chi connectivity index (χ2n) is 4.74. The van der Waals surface area contributed by atoms with Crippen LogP contribution < -0.4 is 5.32 Å². The normalized spacial score (nSPS) is 24.4. The molecule has 14 heavy (non-hydrogen) atoms. The highest BCUT2D eigenvalue weighted by Gasteiger charge is 2.25. The topological polar surface area (TPSA) is 12.0 Å². The fraction of sp³-hybridized carbons (Fsp3) is 1.00. The van der Waals surface area contributed by atoms with Gasteiger partial charge in [0.2, 0.25) is 0 Å². The lowest BCUT2D eigenvalue weighted by Gasteiger charge is -2.25. The Labute approximate surface area is 93.4 Å². The average molecular weight is 215 g/mol. The monoisotopic (exact) mass is 215 g/mol. The lowest BCUT2D eigenvalue weighted by Crippen LogP contribution is -2.38. The number of hydrogen-bond acceptors (Lipinski definition) is 2. The first-order valence-electron chi connectivity index (χ1n) is 6.09. The Kier molecular flexibility index (Phi) is 5.95. The Bertz CT molecular complexity index is 141. The van der Waals surface area contributed by atoms with Crippen molar-refractivity contribution in [2.24, 2.45) is 5.92 Å². The van der Waals surface area contributed by atoms with E-state index in [9.17, 15) is 0 Å². The summed E-state index contributed by atoms with van der Waals surface area (Å²) in [5, 5.41) is 4.61. The third-order valence-corrected chi connectivity index (χ3v) is 4.31. The SMILES string of the molecule is CCCNC(CC(C)C)C1CCCS1. The van der Waals surface area contributed by atoms with Gasteiger partial charge in [-0.1, -0.05) is 20.8 Å². The van der Waals surface area contributed by atoms with E-state index in [0.717, 1.165) is 17.2 Å². The minimum absolute atomic E-state index is 0.766. The number of hydrogen-bond donors (Lipinski definition) is 1. The van der Waals surface area contributed by atoms with Gasteiger partial charge in [0.1, 0.15) is 0 Å². The maximum absolute atomic E-state index is 3.72. The van der Waals surface area contributed by atoms with Gasteiger partial charge in [-0.2, -0.15) is 11.8 Å². The smallest absolute Gasteiger partial charge is 0.0201 e. The molecule has 0 radical (unpaired) electrons. The second-order valence-corrected chi connectivity index (χ2v) is 6.09. The van der Waals surface area contributed by atoms with E-state index >= 15 is 0 Å². The highest BCUT2D eigenvalue weighted by molar-refractivity contribution is 8.00. The van der Waals surface area contributed by atoms with Gasteiger partial charge in [-0.15, -0.1) is 0 Å². The van der Waals surface area contributed by atoms with Crippen LogP contribution in [0.1, 0.15) is 46.5 Å². The van der Waals surface area contributed by atoms with Crippen molar-refractivity contribution in [1.82, 2.24) is 5.32 Å². The van der Waals surface area contributed by atoms with E-state index in [1.807, 2.05) is 0 Å². The van der Waals surface area contributed by atoms with Gasteiger partial charge in [0.25, 0.3) is 0 Å². The summed E-state index contributed by atoms with van der Waals surface area (Å²) in [6.45, 7) is 8.11. The molecule has 84 valence electrons. The van der Waals surface area contributed by atoms with Crippen molar-refractivity contribution in [3.8, 4) is 0 Å². The van der Waals surface area contributed by atoms with Crippen LogP contribution in [0.5, 0.6) is 0 Å². The molecule has 0 aromatic heterocycles. The minimum atomic E-state index is 0.766. The Morgan fingerprint density at radius 1 is 1.43 bits per heavy atom. The molecule has 1 rings (SSSR count). The lowest BCUT2D eigenvalue weighted by atomic mass is 9.98. The molecule has 0 spiro atoms. The van der Waals surface area contributed by atoms with Gasteiger partial charge in [-0.25, -0.2) is 0 Å². The van der Waals surface area contributed by atoms with Crippen molar-refractivity contribution in [1.29, 1.82) is 0 Å². The summed E-state index contributed by atoms with van der Waals surface area (Å²) in [6, 6.07) is 0.766. The molecule has 1 fully saturated rings. The zero-order valence-corrected chi connectivity index (χ0v) is 10.7. The first-order valence-corrected chi connectivity index (χ1v) is 7.14. The van der Waals surface area contributed by atoms with E-state index in [-0.39, 0.29) is 0 Å². The van der Waals surface area contributed by atoms with E-state index in [4.69, 9.17) is 0 Å². The molecule has 0 amide bonds. The molecule has 1 nitrogen and oxygen atoms in total. The highest BCUT2D eigenvalue weighted by atomic mass is 32.2. The molecular formula is C12H25NS. The van der Waals surface area contributed by atoms with Gasteiger partial charge in [0.15, 0.2) is 0 Å². The Morgan fingerprint density at radius 2 is 2.21 bits per heavy atom. The molecule has 0 saturated carbocycles. The van der Waals surface area contributed by atoms with Crippen LogP contribution in [-0.4, -0.2) is 23.6 Å². The summed E-state index contributed by atoms with van der Waals surface area (Å²) in [7, 11) is 0. The van der Waals surface area contributed by atoms with Crippen LogP contribution in [0.2, 0.25) is 0 Å². The summed E-state index contributed by atoms with van der Waals surface area (Å²) in [4.78, 5) is 0. The van der Waals surface area contributed by atoms with E-state index in [2.05, 4.69) is 37.8 Å². The number of thioether (sulfide) groups is 1. The Morgan fingerprint density at radius 3 is 2.71 bits per heavy atom. The fourth-order valence-corrected chi connectivity index (χ4v) is 3.53. The molecule has 1 heterocycles. The van der Waals surface area contributed by atoms with Crippen molar-refractivity contribution in [3.63, 3.8) is 0 Å². The van der Waals surface area contributed by atoms with Crippen LogP contribution in [0.3, 0.4) is 0 Å². The average Bonchev–Trinajstić information content (AvgIpc) is 2.64. The maximum atomic E-state index is 3.72. The fourth-order valence-electron chi connectivity index (χ4n) is 2.12. The quantitative estimate of drug-likeness (QED) is 0.729. The van der Waals surface area contributed by atoms with Crippen LogP contribution in [0.4, 0.5) is 0 Å². The van der Waals surface area contributed by atoms with Gasteiger partial charge < -0.3 is 5.32 Å². The Hall–Kier alpha value is 0.310. The zero-order chi connectivity index (χ0) is 10.4. The van der Waals surface area contributed by atoms with Crippen molar-refractivity contribution < 1.29 is 0 Å². The van der Waals surface area contributed by atoms with Crippen molar-refractivity contribution in [2.45, 2.75) is 57.7 Å². The minimum Gasteiger partial charge on any atom is -0.313 e. The van der Waals surface area contributed by atoms with Crippen molar-refractivity contribution >= 4 is 11.8 Å². The number of rotatable bonds is 6. The molecule has 0 aliphatic carbocycles. The zero-order valence-electron chi connectivity index (χ0n) is 9.88. The summed E-state index contributed by atoms with van der Waals surface area (Å²) < 4.78 is 0. The molecule has 1 aliphatic heterocycles. The van der Waals surface area contributed by atoms with Gasteiger partial charge in [0.05, 0.1) is 0 Å². The molecule has 2 heteroatoms. The number of nitrogens with one attached hydrogen (secondary N) is 1. The molecule has 1 aliphatic rings. The van der Waals surface area contributed by atoms with E-state index < -0.39 is 0 Å². The van der Waals surface area contributed by atoms with E-state index in [1.54, 1.807) is 0 Å². The van der Waals surface area contributed by atoms with E-state index in [0.29, 0.717) is 0 Å². The highest BCUT2D eigenvalue weighted by Crippen LogP contribution is 2.31. The van der Waals surface area contributed by atoms with Crippen LogP contribution in [0, 0.1) is 5.92 Å². The molecule has 1 saturated heterocycles. The van der Waals surface area contributed by atoms with Crippen LogP contribution in [0.15, 0.2) is 0 Å². The molecule has 1 N–H and O–H groups in total. The third kappa shape index (κ3) is 4.22. The van der Waals surface area contributed by atoms with E-state index in [1.165, 1.54) is 38.0 Å². The standard InChI is InChI=1S/C12H25NS/c1-4-7-13-11(9-10(2)3)12-6-5-8-14-12/h10-13H,4-9H2,1-3H3. The van der Waals surface area contributed by atoms with Crippen molar-refractivity contribution in [3.05, 3.63) is 0 Å². The molecular weight excluding hydrogens is 190 g/mol. The van der Waals surface area contributed by atoms with Gasteiger partial charge in [-0.3, -0.25) is 0 Å². The predicted molar refractivity (Wildman–Crippen MR) is 67.0 cm³/mol. The van der Waals surface area contributed by atoms with Crippen LogP contribution in [0.25, 0.3) is 0 Å². The molecule has 0 aromatic rings. The molecule has 0 aromatic carbocycles. The lowest BCUT2D eigenvalue weighted by molar-refractivity contribution is 0.403. The summed E-state index contributed by atoms with van der Waals surface area (Å²) >= 11 is 2.18. The largest absolute Gasteiger partial charge is 0.313 e. The van der Waals surface area contributed by atoms with Crippen LogP contribution in [-0.2, 0) is 0 Å². The van der Waals surface area contributed by atoms with Gasteiger partial charge in [-0.05, 0) is 43.9 Å². The van der Waals surface area contributed by atoms with Gasteiger partial charge >= 0.3 is 0 Å². The summed E-state index contributed by atoms with van der Waals surface area (Å²) in [5.74, 6) is 2.21. The third-order valence-electron chi connectivity index (χ3n) is 2.80.